The maximum atomic E-state index is 5.76. The molecule has 3 aromatic rings. The van der Waals surface area contributed by atoms with Gasteiger partial charge in [-0.15, -0.1) is 0 Å². The smallest absolute Gasteiger partial charge is 0.119 e. The van der Waals surface area contributed by atoms with Crippen LogP contribution in [0.4, 0.5) is 0 Å². The average Bonchev–Trinajstić information content (AvgIpc) is 2.85. The second-order valence-electron chi connectivity index (χ2n) is 4.50. The van der Waals surface area contributed by atoms with E-state index in [4.69, 9.17) is 4.74 Å². The van der Waals surface area contributed by atoms with Crippen molar-refractivity contribution in [2.45, 2.75) is 13.5 Å². The van der Waals surface area contributed by atoms with Crippen LogP contribution in [0.1, 0.15) is 11.1 Å². The van der Waals surface area contributed by atoms with Crippen molar-refractivity contribution in [1.82, 2.24) is 4.98 Å². The summed E-state index contributed by atoms with van der Waals surface area (Å²) in [5, 5.41) is 1.22. The van der Waals surface area contributed by atoms with Crippen molar-refractivity contribution in [2.75, 3.05) is 0 Å². The van der Waals surface area contributed by atoms with Crippen LogP contribution in [0.15, 0.2) is 54.7 Å². The Morgan fingerprint density at radius 2 is 1.83 bits per heavy atom. The molecule has 0 aliphatic carbocycles. The van der Waals surface area contributed by atoms with E-state index >= 15 is 0 Å². The van der Waals surface area contributed by atoms with E-state index in [-0.39, 0.29) is 0 Å². The third-order valence-electron chi connectivity index (χ3n) is 3.04. The summed E-state index contributed by atoms with van der Waals surface area (Å²) in [5.74, 6) is 0.912. The molecule has 0 amide bonds. The number of aromatic amines is 1. The van der Waals surface area contributed by atoms with Gasteiger partial charge in [0.2, 0.25) is 0 Å². The van der Waals surface area contributed by atoms with Gasteiger partial charge in [0, 0.05) is 11.7 Å². The molecule has 2 heteroatoms. The molecular weight excluding hydrogens is 222 g/mol. The van der Waals surface area contributed by atoms with Gasteiger partial charge in [-0.2, -0.15) is 0 Å². The molecule has 2 nitrogen and oxygen atoms in total. The molecule has 0 spiro atoms. The van der Waals surface area contributed by atoms with E-state index in [0.717, 1.165) is 11.3 Å². The first-order valence-corrected chi connectivity index (χ1v) is 6.07. The number of H-pyrrole nitrogens is 1. The minimum absolute atomic E-state index is 0.601. The summed E-state index contributed by atoms with van der Waals surface area (Å²) in [4.78, 5) is 3.19. The highest BCUT2D eigenvalue weighted by Crippen LogP contribution is 2.17. The Kier molecular flexibility index (Phi) is 2.77. The average molecular weight is 237 g/mol. The number of aromatic nitrogens is 1. The van der Waals surface area contributed by atoms with E-state index in [1.807, 2.05) is 18.3 Å². The van der Waals surface area contributed by atoms with Crippen LogP contribution in [0, 0.1) is 6.92 Å². The SMILES string of the molecule is Cc1ccc(OCc2ccc3[nH]ccc3c2)cc1. The first-order chi connectivity index (χ1) is 8.81. The summed E-state index contributed by atoms with van der Waals surface area (Å²) >= 11 is 0. The van der Waals surface area contributed by atoms with Gasteiger partial charge in [0.1, 0.15) is 12.4 Å². The van der Waals surface area contributed by atoms with Crippen molar-refractivity contribution in [3.05, 3.63) is 65.9 Å². The first-order valence-electron chi connectivity index (χ1n) is 6.07. The van der Waals surface area contributed by atoms with Crippen LogP contribution in [0.3, 0.4) is 0 Å². The second kappa shape index (κ2) is 4.57. The van der Waals surface area contributed by atoms with Gasteiger partial charge in [-0.1, -0.05) is 23.8 Å². The lowest BCUT2D eigenvalue weighted by Gasteiger charge is -2.06. The number of ether oxygens (including phenoxy) is 1. The molecule has 1 aromatic heterocycles. The molecule has 18 heavy (non-hydrogen) atoms. The molecule has 90 valence electrons. The molecule has 0 aliphatic rings. The van der Waals surface area contributed by atoms with E-state index in [1.54, 1.807) is 0 Å². The molecule has 0 radical (unpaired) electrons. The molecule has 0 bridgehead atoms. The number of rotatable bonds is 3. The number of hydrogen-bond donors (Lipinski definition) is 1. The standard InChI is InChI=1S/C16H15NO/c1-12-2-5-15(6-3-12)18-11-13-4-7-16-14(10-13)8-9-17-16/h2-10,17H,11H2,1H3. The summed E-state index contributed by atoms with van der Waals surface area (Å²) in [5.41, 5.74) is 3.59. The fourth-order valence-corrected chi connectivity index (χ4v) is 1.99. The zero-order valence-corrected chi connectivity index (χ0v) is 10.3. The molecule has 2 aromatic carbocycles. The molecular formula is C16H15NO. The summed E-state index contributed by atoms with van der Waals surface area (Å²) in [6.45, 7) is 2.67. The van der Waals surface area contributed by atoms with Crippen LogP contribution in [-0.2, 0) is 6.61 Å². The molecule has 0 unspecified atom stereocenters. The van der Waals surface area contributed by atoms with Gasteiger partial charge >= 0.3 is 0 Å². The predicted molar refractivity (Wildman–Crippen MR) is 73.8 cm³/mol. The van der Waals surface area contributed by atoms with Gasteiger partial charge < -0.3 is 9.72 Å². The van der Waals surface area contributed by atoms with Crippen LogP contribution < -0.4 is 4.74 Å². The van der Waals surface area contributed by atoms with Crippen LogP contribution in [0.5, 0.6) is 5.75 Å². The van der Waals surface area contributed by atoms with Gasteiger partial charge in [-0.05, 0) is 48.2 Å². The lowest BCUT2D eigenvalue weighted by Crippen LogP contribution is -1.95. The monoisotopic (exact) mass is 237 g/mol. The maximum absolute atomic E-state index is 5.76. The second-order valence-corrected chi connectivity index (χ2v) is 4.50. The van der Waals surface area contributed by atoms with Crippen molar-refractivity contribution in [3.63, 3.8) is 0 Å². The van der Waals surface area contributed by atoms with Crippen molar-refractivity contribution >= 4 is 10.9 Å². The van der Waals surface area contributed by atoms with E-state index in [0.29, 0.717) is 6.61 Å². The van der Waals surface area contributed by atoms with Crippen molar-refractivity contribution in [1.29, 1.82) is 0 Å². The topological polar surface area (TPSA) is 25.0 Å². The highest BCUT2D eigenvalue weighted by Gasteiger charge is 1.99. The molecule has 1 heterocycles. The highest BCUT2D eigenvalue weighted by molar-refractivity contribution is 5.79. The molecule has 3 rings (SSSR count). The highest BCUT2D eigenvalue weighted by atomic mass is 16.5. The van der Waals surface area contributed by atoms with Gasteiger partial charge in [-0.25, -0.2) is 0 Å². The number of aryl methyl sites for hydroxylation is 1. The Bertz CT molecular complexity index is 652. The summed E-state index contributed by atoms with van der Waals surface area (Å²) in [7, 11) is 0. The minimum Gasteiger partial charge on any atom is -0.489 e. The Morgan fingerprint density at radius 3 is 2.67 bits per heavy atom. The quantitative estimate of drug-likeness (QED) is 0.730. The number of nitrogens with one attached hydrogen (secondary N) is 1. The fraction of sp³-hybridized carbons (Fsp3) is 0.125. The number of fused-ring (bicyclic) bond motifs is 1. The zero-order chi connectivity index (χ0) is 12.4. The maximum Gasteiger partial charge on any atom is 0.119 e. The van der Waals surface area contributed by atoms with Crippen LogP contribution in [-0.4, -0.2) is 4.98 Å². The lowest BCUT2D eigenvalue weighted by atomic mass is 10.2. The van der Waals surface area contributed by atoms with Gasteiger partial charge in [0.05, 0.1) is 0 Å². The van der Waals surface area contributed by atoms with Crippen LogP contribution >= 0.6 is 0 Å². The Hall–Kier alpha value is -2.22. The number of hydrogen-bond acceptors (Lipinski definition) is 1. The van der Waals surface area contributed by atoms with E-state index in [2.05, 4.69) is 48.3 Å². The Morgan fingerprint density at radius 1 is 1.00 bits per heavy atom. The fourth-order valence-electron chi connectivity index (χ4n) is 1.99. The summed E-state index contributed by atoms with van der Waals surface area (Å²) in [6, 6.07) is 16.5. The summed E-state index contributed by atoms with van der Waals surface area (Å²) < 4.78 is 5.76. The van der Waals surface area contributed by atoms with Gasteiger partial charge in [0.15, 0.2) is 0 Å². The molecule has 0 fully saturated rings. The van der Waals surface area contributed by atoms with Crippen molar-refractivity contribution in [3.8, 4) is 5.75 Å². The lowest BCUT2D eigenvalue weighted by molar-refractivity contribution is 0.306. The normalized spacial score (nSPS) is 10.7. The minimum atomic E-state index is 0.601. The molecule has 1 N–H and O–H groups in total. The third kappa shape index (κ3) is 2.23. The Balaban J connectivity index is 1.74. The van der Waals surface area contributed by atoms with E-state index in [9.17, 15) is 0 Å². The third-order valence-corrected chi connectivity index (χ3v) is 3.04. The molecule has 0 aliphatic heterocycles. The zero-order valence-electron chi connectivity index (χ0n) is 10.3. The largest absolute Gasteiger partial charge is 0.489 e. The molecule has 0 saturated carbocycles. The Labute approximate surface area is 106 Å². The molecule has 0 saturated heterocycles. The van der Waals surface area contributed by atoms with Crippen molar-refractivity contribution in [2.24, 2.45) is 0 Å². The van der Waals surface area contributed by atoms with Gasteiger partial charge in [0.25, 0.3) is 0 Å². The van der Waals surface area contributed by atoms with Crippen LogP contribution in [0.2, 0.25) is 0 Å². The molecule has 0 atom stereocenters. The van der Waals surface area contributed by atoms with Gasteiger partial charge in [-0.3, -0.25) is 0 Å². The first kappa shape index (κ1) is 10.9. The summed E-state index contributed by atoms with van der Waals surface area (Å²) in [6.07, 6.45) is 1.95. The van der Waals surface area contributed by atoms with Crippen molar-refractivity contribution < 1.29 is 4.74 Å². The van der Waals surface area contributed by atoms with E-state index < -0.39 is 0 Å². The predicted octanol–water partition coefficient (Wildman–Crippen LogP) is 4.06. The van der Waals surface area contributed by atoms with E-state index in [1.165, 1.54) is 16.5 Å². The van der Waals surface area contributed by atoms with Crippen LogP contribution in [0.25, 0.3) is 10.9 Å². The number of benzene rings is 2.